The van der Waals surface area contributed by atoms with Gasteiger partial charge >= 0.3 is 0 Å². The van der Waals surface area contributed by atoms with Crippen molar-refractivity contribution < 1.29 is 9.53 Å². The van der Waals surface area contributed by atoms with Gasteiger partial charge in [0.05, 0.1) is 17.3 Å². The van der Waals surface area contributed by atoms with Crippen LogP contribution in [0.4, 0.5) is 0 Å². The smallest absolute Gasteiger partial charge is 0.252 e. The Hall–Kier alpha value is -1.66. The van der Waals surface area contributed by atoms with Crippen molar-refractivity contribution in [3.63, 3.8) is 0 Å². The molecule has 0 aromatic carbocycles. The molecule has 2 atom stereocenters. The van der Waals surface area contributed by atoms with Gasteiger partial charge in [-0.3, -0.25) is 9.89 Å². The lowest BCUT2D eigenvalue weighted by molar-refractivity contribution is 0.0807. The minimum Gasteiger partial charge on any atom is -0.370 e. The molecule has 2 aromatic heterocycles. The second-order valence-electron chi connectivity index (χ2n) is 6.74. The molecule has 1 aliphatic heterocycles. The lowest BCUT2D eigenvalue weighted by atomic mass is 9.88. The van der Waals surface area contributed by atoms with Crippen LogP contribution < -0.4 is 5.32 Å². The summed E-state index contributed by atoms with van der Waals surface area (Å²) in [6.07, 6.45) is 8.92. The molecule has 4 rings (SSSR count). The fourth-order valence-electron chi connectivity index (χ4n) is 3.79. The molecule has 1 aliphatic carbocycles. The van der Waals surface area contributed by atoms with E-state index in [4.69, 9.17) is 4.74 Å². The monoisotopic (exact) mass is 345 g/mol. The van der Waals surface area contributed by atoms with E-state index < -0.39 is 0 Å². The van der Waals surface area contributed by atoms with Gasteiger partial charge in [0.2, 0.25) is 0 Å². The van der Waals surface area contributed by atoms with Gasteiger partial charge in [0.15, 0.2) is 0 Å². The predicted octanol–water partition coefficient (Wildman–Crippen LogP) is 3.78. The highest BCUT2D eigenvalue weighted by molar-refractivity contribution is 7.10. The number of hydrogen-bond acceptors (Lipinski definition) is 4. The molecule has 2 N–H and O–H groups in total. The maximum absolute atomic E-state index is 12.6. The molecule has 1 saturated carbocycles. The van der Waals surface area contributed by atoms with Crippen LogP contribution in [-0.2, 0) is 4.74 Å². The maximum atomic E-state index is 12.6. The zero-order valence-corrected chi connectivity index (χ0v) is 14.5. The number of ether oxygens (including phenoxy) is 1. The molecule has 2 fully saturated rings. The van der Waals surface area contributed by atoms with E-state index in [1.165, 1.54) is 37.0 Å². The molecule has 1 amide bonds. The number of carbonyl (C=O) groups excluding carboxylic acids is 1. The number of nitrogens with zero attached hydrogens (tertiary/aromatic N) is 1. The van der Waals surface area contributed by atoms with E-state index in [2.05, 4.69) is 21.6 Å². The van der Waals surface area contributed by atoms with E-state index in [0.717, 1.165) is 17.7 Å². The molecule has 128 valence electrons. The third-order valence-corrected chi connectivity index (χ3v) is 6.22. The Bertz CT molecular complexity index is 676. The van der Waals surface area contributed by atoms with Gasteiger partial charge in [-0.15, -0.1) is 11.3 Å². The molecule has 0 unspecified atom stereocenters. The molecule has 24 heavy (non-hydrogen) atoms. The zero-order chi connectivity index (χ0) is 16.4. The topological polar surface area (TPSA) is 67.0 Å². The SMILES string of the molecule is O=C(N[C@H]1CCO[C@@H]1c1ccn[nH]1)c1csc(C2CCCCC2)c1. The van der Waals surface area contributed by atoms with Gasteiger partial charge < -0.3 is 10.1 Å². The maximum Gasteiger partial charge on any atom is 0.252 e. The van der Waals surface area contributed by atoms with Crippen molar-refractivity contribution >= 4 is 17.2 Å². The third-order valence-electron chi connectivity index (χ3n) is 5.13. The number of aromatic nitrogens is 2. The van der Waals surface area contributed by atoms with Crippen LogP contribution in [0.2, 0.25) is 0 Å². The van der Waals surface area contributed by atoms with E-state index in [1.54, 1.807) is 17.5 Å². The molecule has 2 aliphatic rings. The minimum atomic E-state index is -0.132. The molecule has 0 spiro atoms. The van der Waals surface area contributed by atoms with Crippen molar-refractivity contribution in [2.24, 2.45) is 0 Å². The van der Waals surface area contributed by atoms with Gasteiger partial charge in [0.1, 0.15) is 6.10 Å². The first-order chi connectivity index (χ1) is 11.8. The molecular formula is C18H23N3O2S. The van der Waals surface area contributed by atoms with Crippen LogP contribution in [0, 0.1) is 0 Å². The summed E-state index contributed by atoms with van der Waals surface area (Å²) in [4.78, 5) is 14.0. The highest BCUT2D eigenvalue weighted by Crippen LogP contribution is 2.36. The largest absolute Gasteiger partial charge is 0.370 e. The summed E-state index contributed by atoms with van der Waals surface area (Å²) in [6, 6.07) is 3.99. The number of nitrogens with one attached hydrogen (secondary N) is 2. The van der Waals surface area contributed by atoms with Gasteiger partial charge in [-0.2, -0.15) is 5.10 Å². The van der Waals surface area contributed by atoms with Crippen LogP contribution in [0.3, 0.4) is 0 Å². The van der Waals surface area contributed by atoms with E-state index in [0.29, 0.717) is 12.5 Å². The Labute approximate surface area is 145 Å². The molecule has 0 radical (unpaired) electrons. The first-order valence-electron chi connectivity index (χ1n) is 8.81. The van der Waals surface area contributed by atoms with Crippen LogP contribution in [-0.4, -0.2) is 28.8 Å². The standard InChI is InChI=1S/C18H23N3O2S/c22-18(13-10-16(24-11-13)12-4-2-1-3-5-12)20-14-7-9-23-17(14)15-6-8-19-21-15/h6,8,10-12,14,17H,1-5,7,9H2,(H,19,21)(H,20,22)/t14-,17-/m0/s1. The first kappa shape index (κ1) is 15.8. The van der Waals surface area contributed by atoms with Gasteiger partial charge in [-0.05, 0) is 37.3 Å². The van der Waals surface area contributed by atoms with Crippen LogP contribution in [0.5, 0.6) is 0 Å². The van der Waals surface area contributed by atoms with Crippen molar-refractivity contribution in [2.75, 3.05) is 6.61 Å². The third kappa shape index (κ3) is 3.26. The minimum absolute atomic E-state index is 0.00372. The summed E-state index contributed by atoms with van der Waals surface area (Å²) in [5, 5.41) is 12.1. The Morgan fingerprint density at radius 2 is 2.17 bits per heavy atom. The molecule has 3 heterocycles. The summed E-state index contributed by atoms with van der Waals surface area (Å²) in [7, 11) is 0. The normalized spacial score (nSPS) is 25.0. The average molecular weight is 345 g/mol. The van der Waals surface area contributed by atoms with Crippen LogP contribution in [0.25, 0.3) is 0 Å². The molecule has 0 bridgehead atoms. The molecular weight excluding hydrogens is 322 g/mol. The first-order valence-corrected chi connectivity index (χ1v) is 9.69. The summed E-state index contributed by atoms with van der Waals surface area (Å²) in [5.41, 5.74) is 1.71. The second-order valence-corrected chi connectivity index (χ2v) is 7.69. The number of thiophene rings is 1. The Morgan fingerprint density at radius 1 is 1.29 bits per heavy atom. The quantitative estimate of drug-likeness (QED) is 0.886. The summed E-state index contributed by atoms with van der Waals surface area (Å²) < 4.78 is 5.76. The lowest BCUT2D eigenvalue weighted by Gasteiger charge is -2.20. The van der Waals surface area contributed by atoms with E-state index >= 15 is 0 Å². The van der Waals surface area contributed by atoms with Crippen molar-refractivity contribution in [3.8, 4) is 0 Å². The number of hydrogen-bond donors (Lipinski definition) is 2. The van der Waals surface area contributed by atoms with Crippen molar-refractivity contribution in [3.05, 3.63) is 39.8 Å². The fourth-order valence-corrected chi connectivity index (χ4v) is 4.86. The Morgan fingerprint density at radius 3 is 2.96 bits per heavy atom. The van der Waals surface area contributed by atoms with Gasteiger partial charge in [0.25, 0.3) is 5.91 Å². The fraction of sp³-hybridized carbons (Fsp3) is 0.556. The molecule has 2 aromatic rings. The van der Waals surface area contributed by atoms with Crippen molar-refractivity contribution in [2.45, 2.75) is 56.6 Å². The lowest BCUT2D eigenvalue weighted by Crippen LogP contribution is -2.36. The number of aromatic amines is 1. The summed E-state index contributed by atoms with van der Waals surface area (Å²) in [5.74, 6) is 0.659. The molecule has 6 heteroatoms. The van der Waals surface area contributed by atoms with Crippen LogP contribution in [0.15, 0.2) is 23.7 Å². The number of carbonyl (C=O) groups is 1. The van der Waals surface area contributed by atoms with Crippen molar-refractivity contribution in [1.82, 2.24) is 15.5 Å². The number of H-pyrrole nitrogens is 1. The van der Waals surface area contributed by atoms with Gasteiger partial charge in [-0.1, -0.05) is 19.3 Å². The van der Waals surface area contributed by atoms with Crippen LogP contribution >= 0.6 is 11.3 Å². The van der Waals surface area contributed by atoms with E-state index in [1.807, 2.05) is 11.4 Å². The molecule has 5 nitrogen and oxygen atoms in total. The van der Waals surface area contributed by atoms with Gasteiger partial charge in [-0.25, -0.2) is 0 Å². The highest BCUT2D eigenvalue weighted by atomic mass is 32.1. The Balaban J connectivity index is 1.41. The zero-order valence-electron chi connectivity index (χ0n) is 13.7. The van der Waals surface area contributed by atoms with Gasteiger partial charge in [0, 0.05) is 23.1 Å². The average Bonchev–Trinajstić information content (AvgIpc) is 3.36. The summed E-state index contributed by atoms with van der Waals surface area (Å²) in [6.45, 7) is 0.658. The number of rotatable bonds is 4. The second kappa shape index (κ2) is 7.07. The van der Waals surface area contributed by atoms with Crippen molar-refractivity contribution in [1.29, 1.82) is 0 Å². The number of amides is 1. The Kier molecular flexibility index (Phi) is 4.67. The van der Waals surface area contributed by atoms with E-state index in [9.17, 15) is 4.79 Å². The predicted molar refractivity (Wildman–Crippen MR) is 93.3 cm³/mol. The molecule has 1 saturated heterocycles. The highest BCUT2D eigenvalue weighted by Gasteiger charge is 2.32. The summed E-state index contributed by atoms with van der Waals surface area (Å²) >= 11 is 1.73. The van der Waals surface area contributed by atoms with Crippen LogP contribution in [0.1, 0.15) is 71.5 Å². The van der Waals surface area contributed by atoms with E-state index in [-0.39, 0.29) is 18.1 Å².